The summed E-state index contributed by atoms with van der Waals surface area (Å²) in [5.41, 5.74) is 3.65. The Balaban J connectivity index is 1.20. The number of unbranched alkanes of at least 4 members (excludes halogenated alkanes) is 1. The molecule has 33 heavy (non-hydrogen) atoms. The highest BCUT2D eigenvalue weighted by Crippen LogP contribution is 2.18. The zero-order chi connectivity index (χ0) is 23.1. The molecular formula is C30H36O3. The molecular weight excluding hydrogens is 408 g/mol. The average Bonchev–Trinajstić information content (AvgIpc) is 2.85. The van der Waals surface area contributed by atoms with Crippen LogP contribution in [0.5, 0.6) is 5.75 Å². The van der Waals surface area contributed by atoms with Crippen molar-refractivity contribution in [3.63, 3.8) is 0 Å². The van der Waals surface area contributed by atoms with Crippen LogP contribution in [0.3, 0.4) is 0 Å². The Labute approximate surface area is 198 Å². The number of hydrogen-bond donors (Lipinski definition) is 0. The van der Waals surface area contributed by atoms with Crippen LogP contribution in [0.1, 0.15) is 62.1 Å². The van der Waals surface area contributed by atoms with Gasteiger partial charge in [0, 0.05) is 6.42 Å². The zero-order valence-corrected chi connectivity index (χ0v) is 19.7. The van der Waals surface area contributed by atoms with Gasteiger partial charge in [-0.2, -0.15) is 0 Å². The minimum absolute atomic E-state index is 0.102. The van der Waals surface area contributed by atoms with Gasteiger partial charge in [0.15, 0.2) is 0 Å². The molecule has 1 atom stereocenters. The fraction of sp³-hybridized carbons (Fsp3) is 0.367. The van der Waals surface area contributed by atoms with Gasteiger partial charge in [-0.15, -0.1) is 0 Å². The summed E-state index contributed by atoms with van der Waals surface area (Å²) in [6, 6.07) is 28.8. The van der Waals surface area contributed by atoms with Crippen molar-refractivity contribution in [1.29, 1.82) is 0 Å². The third-order valence-electron chi connectivity index (χ3n) is 5.85. The maximum atomic E-state index is 11.9. The second-order valence-corrected chi connectivity index (χ2v) is 8.79. The molecule has 0 amide bonds. The van der Waals surface area contributed by atoms with Gasteiger partial charge in [0.25, 0.3) is 0 Å². The molecule has 0 N–H and O–H groups in total. The first-order valence-corrected chi connectivity index (χ1v) is 12.1. The van der Waals surface area contributed by atoms with Crippen molar-refractivity contribution in [2.45, 2.75) is 58.5 Å². The largest absolute Gasteiger partial charge is 0.494 e. The molecule has 0 saturated carbocycles. The summed E-state index contributed by atoms with van der Waals surface area (Å²) in [5.74, 6) is 1.48. The van der Waals surface area contributed by atoms with Gasteiger partial charge in [0.2, 0.25) is 0 Å². The van der Waals surface area contributed by atoms with E-state index in [0.717, 1.165) is 56.4 Å². The molecule has 3 aromatic carbocycles. The maximum Gasteiger partial charge on any atom is 0.306 e. The molecule has 0 aliphatic carbocycles. The third kappa shape index (κ3) is 9.95. The third-order valence-corrected chi connectivity index (χ3v) is 5.85. The van der Waals surface area contributed by atoms with Gasteiger partial charge in [-0.05, 0) is 60.4 Å². The van der Waals surface area contributed by atoms with E-state index in [1.165, 1.54) is 11.1 Å². The van der Waals surface area contributed by atoms with Crippen LogP contribution in [0.2, 0.25) is 0 Å². The molecule has 3 heteroatoms. The van der Waals surface area contributed by atoms with E-state index in [0.29, 0.717) is 18.9 Å². The van der Waals surface area contributed by atoms with E-state index in [9.17, 15) is 4.79 Å². The van der Waals surface area contributed by atoms with Crippen molar-refractivity contribution in [3.05, 3.63) is 102 Å². The van der Waals surface area contributed by atoms with E-state index in [-0.39, 0.29) is 5.97 Å². The average molecular weight is 445 g/mol. The molecule has 0 fully saturated rings. The topological polar surface area (TPSA) is 35.5 Å². The second kappa shape index (κ2) is 14.2. The lowest BCUT2D eigenvalue weighted by Crippen LogP contribution is -2.05. The molecule has 1 unspecified atom stereocenters. The fourth-order valence-corrected chi connectivity index (χ4v) is 3.87. The summed E-state index contributed by atoms with van der Waals surface area (Å²) in [4.78, 5) is 11.9. The van der Waals surface area contributed by atoms with Crippen LogP contribution in [-0.2, 0) is 22.6 Å². The summed E-state index contributed by atoms with van der Waals surface area (Å²) >= 11 is 0. The molecule has 0 aliphatic rings. The standard InChI is InChI=1S/C30H36O3/c1-25(11-8-9-17-30(31)33-24-28-15-6-3-7-16-28)12-10-22-32-29-20-18-27(19-21-29)23-26-13-4-2-5-14-26/h2-7,13-16,18-21,25H,8-12,17,22-24H2,1H3. The number of ether oxygens (including phenoxy) is 2. The SMILES string of the molecule is CC(CCCCC(=O)OCc1ccccc1)CCCOc1ccc(Cc2ccccc2)cc1. The van der Waals surface area contributed by atoms with Crippen molar-refractivity contribution in [2.75, 3.05) is 6.61 Å². The Bertz CT molecular complexity index is 920. The van der Waals surface area contributed by atoms with Crippen molar-refractivity contribution >= 4 is 5.97 Å². The smallest absolute Gasteiger partial charge is 0.306 e. The van der Waals surface area contributed by atoms with Gasteiger partial charge < -0.3 is 9.47 Å². The first-order valence-electron chi connectivity index (χ1n) is 12.1. The van der Waals surface area contributed by atoms with E-state index >= 15 is 0 Å². The van der Waals surface area contributed by atoms with E-state index in [1.54, 1.807) is 0 Å². The molecule has 3 nitrogen and oxygen atoms in total. The minimum atomic E-state index is -0.102. The van der Waals surface area contributed by atoms with Crippen molar-refractivity contribution in [2.24, 2.45) is 5.92 Å². The molecule has 174 valence electrons. The Morgan fingerprint density at radius 1 is 0.727 bits per heavy atom. The molecule has 0 aliphatic heterocycles. The summed E-state index contributed by atoms with van der Waals surface area (Å²) in [6.45, 7) is 3.39. The number of esters is 1. The fourth-order valence-electron chi connectivity index (χ4n) is 3.87. The summed E-state index contributed by atoms with van der Waals surface area (Å²) in [6.07, 6.45) is 6.73. The lowest BCUT2D eigenvalue weighted by Gasteiger charge is -2.12. The predicted molar refractivity (Wildman–Crippen MR) is 134 cm³/mol. The number of hydrogen-bond acceptors (Lipinski definition) is 3. The highest BCUT2D eigenvalue weighted by molar-refractivity contribution is 5.69. The van der Waals surface area contributed by atoms with E-state index in [1.807, 2.05) is 36.4 Å². The molecule has 3 rings (SSSR count). The van der Waals surface area contributed by atoms with Crippen LogP contribution >= 0.6 is 0 Å². The number of rotatable bonds is 14. The maximum absolute atomic E-state index is 11.9. The molecule has 0 heterocycles. The van der Waals surface area contributed by atoms with Gasteiger partial charge in [0.05, 0.1) is 6.61 Å². The minimum Gasteiger partial charge on any atom is -0.494 e. The highest BCUT2D eigenvalue weighted by atomic mass is 16.5. The van der Waals surface area contributed by atoms with Crippen LogP contribution in [0.25, 0.3) is 0 Å². The molecule has 3 aromatic rings. The lowest BCUT2D eigenvalue weighted by atomic mass is 9.98. The number of carbonyl (C=O) groups is 1. The van der Waals surface area contributed by atoms with Crippen molar-refractivity contribution < 1.29 is 14.3 Å². The first kappa shape index (κ1) is 24.6. The zero-order valence-electron chi connectivity index (χ0n) is 19.7. The van der Waals surface area contributed by atoms with E-state index in [2.05, 4.69) is 55.5 Å². The monoisotopic (exact) mass is 444 g/mol. The van der Waals surface area contributed by atoms with E-state index in [4.69, 9.17) is 9.47 Å². The normalized spacial score (nSPS) is 11.7. The van der Waals surface area contributed by atoms with Gasteiger partial charge in [-0.1, -0.05) is 92.6 Å². The number of carbonyl (C=O) groups excluding carboxylic acids is 1. The summed E-state index contributed by atoms with van der Waals surface area (Å²) in [5, 5.41) is 0. The summed E-state index contributed by atoms with van der Waals surface area (Å²) in [7, 11) is 0. The van der Waals surface area contributed by atoms with Gasteiger partial charge in [-0.25, -0.2) is 0 Å². The Kier molecular flexibility index (Phi) is 10.5. The van der Waals surface area contributed by atoms with Crippen LogP contribution in [0.4, 0.5) is 0 Å². The van der Waals surface area contributed by atoms with Crippen LogP contribution in [0, 0.1) is 5.92 Å². The first-order chi connectivity index (χ1) is 16.2. The highest BCUT2D eigenvalue weighted by Gasteiger charge is 2.06. The molecule has 0 radical (unpaired) electrons. The van der Waals surface area contributed by atoms with Crippen molar-refractivity contribution in [3.8, 4) is 5.75 Å². The van der Waals surface area contributed by atoms with Gasteiger partial charge in [0.1, 0.15) is 12.4 Å². The Hall–Kier alpha value is -3.07. The van der Waals surface area contributed by atoms with Gasteiger partial charge in [-0.3, -0.25) is 4.79 Å². The summed E-state index contributed by atoms with van der Waals surface area (Å²) < 4.78 is 11.3. The number of benzene rings is 3. The Morgan fingerprint density at radius 2 is 1.33 bits per heavy atom. The Morgan fingerprint density at radius 3 is 2.03 bits per heavy atom. The van der Waals surface area contributed by atoms with Crippen LogP contribution in [0.15, 0.2) is 84.9 Å². The van der Waals surface area contributed by atoms with E-state index < -0.39 is 0 Å². The quantitative estimate of drug-likeness (QED) is 0.192. The second-order valence-electron chi connectivity index (χ2n) is 8.79. The molecule has 0 aromatic heterocycles. The van der Waals surface area contributed by atoms with Crippen LogP contribution in [-0.4, -0.2) is 12.6 Å². The molecule has 0 bridgehead atoms. The van der Waals surface area contributed by atoms with Gasteiger partial charge >= 0.3 is 5.97 Å². The molecule has 0 saturated heterocycles. The van der Waals surface area contributed by atoms with Crippen LogP contribution < -0.4 is 4.74 Å². The lowest BCUT2D eigenvalue weighted by molar-refractivity contribution is -0.145. The van der Waals surface area contributed by atoms with Crippen molar-refractivity contribution in [1.82, 2.24) is 0 Å². The predicted octanol–water partition coefficient (Wildman–Crippen LogP) is 7.38. The molecule has 0 spiro atoms.